The molecule has 0 N–H and O–H groups in total. The minimum absolute atomic E-state index is 0. The predicted molar refractivity (Wildman–Crippen MR) is 66.5 cm³/mol. The summed E-state index contributed by atoms with van der Waals surface area (Å²) in [7, 11) is 0. The van der Waals surface area contributed by atoms with E-state index in [1.807, 2.05) is 12.3 Å². The summed E-state index contributed by atoms with van der Waals surface area (Å²) >= 11 is 3.43. The summed E-state index contributed by atoms with van der Waals surface area (Å²) in [5.41, 5.74) is 2.42. The van der Waals surface area contributed by atoms with E-state index in [9.17, 15) is 0 Å². The molecule has 0 aliphatic heterocycles. The van der Waals surface area contributed by atoms with Gasteiger partial charge in [-0.05, 0) is 24.1 Å². The molecule has 0 spiro atoms. The van der Waals surface area contributed by atoms with E-state index in [-0.39, 0.29) is 12.4 Å². The van der Waals surface area contributed by atoms with Crippen LogP contribution >= 0.6 is 28.3 Å². The molecule has 0 amide bonds. The monoisotopic (exact) mass is 271 g/mol. The quantitative estimate of drug-likeness (QED) is 0.761. The number of hydrogen-bond donors (Lipinski definition) is 0. The predicted octanol–water partition coefficient (Wildman–Crippen LogP) is 3.59. The standard InChI is InChI=1S/C11H10BrN.ClH/c12-6-5-9-3-4-10-2-1-7-13-11(10)8-9;/h1-4,7-8H,5-6H2;1H. The van der Waals surface area contributed by atoms with Crippen LogP contribution in [0.5, 0.6) is 0 Å². The SMILES string of the molecule is BrCCc1ccc2cccnc2c1.Cl. The van der Waals surface area contributed by atoms with Crippen LogP contribution in [0, 0.1) is 0 Å². The summed E-state index contributed by atoms with van der Waals surface area (Å²) in [4.78, 5) is 4.31. The largest absolute Gasteiger partial charge is 0.256 e. The van der Waals surface area contributed by atoms with Gasteiger partial charge in [0.2, 0.25) is 0 Å². The Morgan fingerprint density at radius 1 is 1.21 bits per heavy atom. The van der Waals surface area contributed by atoms with E-state index in [0.717, 1.165) is 17.3 Å². The molecule has 2 aromatic rings. The summed E-state index contributed by atoms with van der Waals surface area (Å²) in [6.45, 7) is 0. The van der Waals surface area contributed by atoms with Crippen LogP contribution in [-0.4, -0.2) is 10.3 Å². The molecule has 1 aromatic carbocycles. The smallest absolute Gasteiger partial charge is 0.0704 e. The Hall–Kier alpha value is -0.600. The fourth-order valence-electron chi connectivity index (χ4n) is 1.38. The van der Waals surface area contributed by atoms with E-state index in [0.29, 0.717) is 0 Å². The van der Waals surface area contributed by atoms with Crippen molar-refractivity contribution in [3.05, 3.63) is 42.1 Å². The summed E-state index contributed by atoms with van der Waals surface area (Å²) in [6, 6.07) is 10.5. The molecule has 0 unspecified atom stereocenters. The molecule has 2 rings (SSSR count). The number of halogens is 2. The Morgan fingerprint density at radius 3 is 2.86 bits per heavy atom. The first-order valence-electron chi connectivity index (χ1n) is 4.30. The molecular weight excluding hydrogens is 261 g/mol. The zero-order chi connectivity index (χ0) is 9.10. The van der Waals surface area contributed by atoms with Crippen LogP contribution in [0.2, 0.25) is 0 Å². The van der Waals surface area contributed by atoms with Gasteiger partial charge in [-0.2, -0.15) is 0 Å². The van der Waals surface area contributed by atoms with E-state index < -0.39 is 0 Å². The molecular formula is C11H11BrClN. The van der Waals surface area contributed by atoms with Crippen molar-refractivity contribution < 1.29 is 0 Å². The van der Waals surface area contributed by atoms with Crippen molar-refractivity contribution in [2.24, 2.45) is 0 Å². The molecule has 0 aliphatic carbocycles. The van der Waals surface area contributed by atoms with Gasteiger partial charge in [0, 0.05) is 16.9 Å². The van der Waals surface area contributed by atoms with Crippen molar-refractivity contribution in [2.45, 2.75) is 6.42 Å². The van der Waals surface area contributed by atoms with E-state index in [2.05, 4.69) is 45.2 Å². The van der Waals surface area contributed by atoms with Crippen molar-refractivity contribution in [3.63, 3.8) is 0 Å². The Kier molecular flexibility index (Phi) is 4.36. The lowest BCUT2D eigenvalue weighted by molar-refractivity contribution is 1.17. The maximum absolute atomic E-state index is 4.31. The van der Waals surface area contributed by atoms with Crippen LogP contribution in [0.3, 0.4) is 0 Å². The Labute approximate surface area is 98.1 Å². The van der Waals surface area contributed by atoms with Crippen LogP contribution in [0.25, 0.3) is 10.9 Å². The van der Waals surface area contributed by atoms with Gasteiger partial charge in [0.25, 0.3) is 0 Å². The normalized spacial score (nSPS) is 9.79. The lowest BCUT2D eigenvalue weighted by atomic mass is 10.1. The molecule has 0 atom stereocenters. The summed E-state index contributed by atoms with van der Waals surface area (Å²) in [5, 5.41) is 2.21. The molecule has 0 bridgehead atoms. The number of pyridine rings is 1. The fraction of sp³-hybridized carbons (Fsp3) is 0.182. The van der Waals surface area contributed by atoms with Crippen LogP contribution in [-0.2, 0) is 6.42 Å². The highest BCUT2D eigenvalue weighted by molar-refractivity contribution is 9.09. The van der Waals surface area contributed by atoms with Gasteiger partial charge in [0.15, 0.2) is 0 Å². The molecule has 0 saturated heterocycles. The average molecular weight is 273 g/mol. The number of fused-ring (bicyclic) bond motifs is 1. The average Bonchev–Trinajstić information content (AvgIpc) is 2.18. The molecule has 1 aromatic heterocycles. The zero-order valence-electron chi connectivity index (χ0n) is 7.61. The van der Waals surface area contributed by atoms with Gasteiger partial charge in [0.05, 0.1) is 5.52 Å². The Bertz CT molecular complexity index is 417. The summed E-state index contributed by atoms with van der Waals surface area (Å²) < 4.78 is 0. The van der Waals surface area contributed by atoms with Crippen LogP contribution in [0.15, 0.2) is 36.5 Å². The van der Waals surface area contributed by atoms with E-state index in [1.165, 1.54) is 10.9 Å². The van der Waals surface area contributed by atoms with Crippen molar-refractivity contribution in [2.75, 3.05) is 5.33 Å². The Morgan fingerprint density at radius 2 is 2.07 bits per heavy atom. The minimum Gasteiger partial charge on any atom is -0.256 e. The van der Waals surface area contributed by atoms with Crippen molar-refractivity contribution in [1.82, 2.24) is 4.98 Å². The molecule has 0 aliphatic rings. The van der Waals surface area contributed by atoms with Gasteiger partial charge in [-0.15, -0.1) is 12.4 Å². The number of hydrogen-bond acceptors (Lipinski definition) is 1. The van der Waals surface area contributed by atoms with Crippen molar-refractivity contribution in [1.29, 1.82) is 0 Å². The third kappa shape index (κ3) is 2.46. The van der Waals surface area contributed by atoms with Crippen LogP contribution < -0.4 is 0 Å². The Balaban J connectivity index is 0.000000980. The zero-order valence-corrected chi connectivity index (χ0v) is 10.0. The summed E-state index contributed by atoms with van der Waals surface area (Å²) in [5.74, 6) is 0. The maximum atomic E-state index is 4.31. The minimum atomic E-state index is 0. The van der Waals surface area contributed by atoms with Gasteiger partial charge in [0.1, 0.15) is 0 Å². The van der Waals surface area contributed by atoms with Crippen LogP contribution in [0.1, 0.15) is 5.56 Å². The highest BCUT2D eigenvalue weighted by Gasteiger charge is 1.95. The molecule has 0 saturated carbocycles. The number of aromatic nitrogens is 1. The number of benzene rings is 1. The first-order chi connectivity index (χ1) is 6.40. The highest BCUT2D eigenvalue weighted by atomic mass is 79.9. The molecule has 1 heterocycles. The lowest BCUT2D eigenvalue weighted by Crippen LogP contribution is -1.86. The third-order valence-corrected chi connectivity index (χ3v) is 2.45. The van der Waals surface area contributed by atoms with Gasteiger partial charge in [-0.25, -0.2) is 0 Å². The summed E-state index contributed by atoms with van der Waals surface area (Å²) in [6.07, 6.45) is 2.90. The maximum Gasteiger partial charge on any atom is 0.0704 e. The van der Waals surface area contributed by atoms with E-state index in [4.69, 9.17) is 0 Å². The molecule has 0 fully saturated rings. The first kappa shape index (κ1) is 11.5. The van der Waals surface area contributed by atoms with Crippen LogP contribution in [0.4, 0.5) is 0 Å². The van der Waals surface area contributed by atoms with Crippen molar-refractivity contribution in [3.8, 4) is 0 Å². The molecule has 74 valence electrons. The number of alkyl halides is 1. The van der Waals surface area contributed by atoms with Gasteiger partial charge >= 0.3 is 0 Å². The van der Waals surface area contributed by atoms with Gasteiger partial charge < -0.3 is 0 Å². The van der Waals surface area contributed by atoms with Crippen molar-refractivity contribution >= 4 is 39.2 Å². The molecule has 14 heavy (non-hydrogen) atoms. The number of nitrogens with zero attached hydrogens (tertiary/aromatic N) is 1. The first-order valence-corrected chi connectivity index (χ1v) is 5.42. The van der Waals surface area contributed by atoms with Gasteiger partial charge in [-0.1, -0.05) is 34.1 Å². The van der Waals surface area contributed by atoms with Gasteiger partial charge in [-0.3, -0.25) is 4.98 Å². The second-order valence-corrected chi connectivity index (χ2v) is 3.76. The highest BCUT2D eigenvalue weighted by Crippen LogP contribution is 2.13. The third-order valence-electron chi connectivity index (χ3n) is 2.05. The van der Waals surface area contributed by atoms with E-state index >= 15 is 0 Å². The fourth-order valence-corrected chi connectivity index (χ4v) is 1.83. The number of aryl methyl sites for hydroxylation is 1. The molecule has 3 heteroatoms. The molecule has 1 nitrogen and oxygen atoms in total. The van der Waals surface area contributed by atoms with E-state index in [1.54, 1.807) is 0 Å². The number of rotatable bonds is 2. The second kappa shape index (κ2) is 5.32. The lowest BCUT2D eigenvalue weighted by Gasteiger charge is -2.00. The molecule has 0 radical (unpaired) electrons. The topological polar surface area (TPSA) is 12.9 Å². The second-order valence-electron chi connectivity index (χ2n) is 2.97.